The van der Waals surface area contributed by atoms with E-state index in [0.717, 1.165) is 13.0 Å². The lowest BCUT2D eigenvalue weighted by atomic mass is 10.3. The fourth-order valence-electron chi connectivity index (χ4n) is 0.850. The summed E-state index contributed by atoms with van der Waals surface area (Å²) < 4.78 is 2.10. The van der Waals surface area contributed by atoms with Crippen molar-refractivity contribution < 1.29 is 0 Å². The van der Waals surface area contributed by atoms with Gasteiger partial charge in [-0.25, -0.2) is 0 Å². The van der Waals surface area contributed by atoms with E-state index in [4.69, 9.17) is 11.6 Å². The molecule has 0 bridgehead atoms. The van der Waals surface area contributed by atoms with E-state index in [2.05, 4.69) is 11.5 Å². The van der Waals surface area contributed by atoms with Crippen molar-refractivity contribution in [1.82, 2.24) is 4.57 Å². The SMILES string of the molecule is CCC(Cl)Cn1cccc1. The molecule has 0 spiro atoms. The van der Waals surface area contributed by atoms with Crippen LogP contribution in [0.5, 0.6) is 0 Å². The van der Waals surface area contributed by atoms with Gasteiger partial charge in [-0.2, -0.15) is 0 Å². The largest absolute Gasteiger partial charge is 0.353 e. The van der Waals surface area contributed by atoms with Gasteiger partial charge in [0.1, 0.15) is 0 Å². The van der Waals surface area contributed by atoms with Gasteiger partial charge in [-0.3, -0.25) is 0 Å². The molecule has 0 amide bonds. The first kappa shape index (κ1) is 7.67. The van der Waals surface area contributed by atoms with Crippen LogP contribution in [-0.2, 0) is 6.54 Å². The van der Waals surface area contributed by atoms with Crippen LogP contribution < -0.4 is 0 Å². The average Bonchev–Trinajstić information content (AvgIpc) is 2.40. The molecule has 0 aliphatic carbocycles. The molecule has 56 valence electrons. The van der Waals surface area contributed by atoms with Crippen LogP contribution in [0.2, 0.25) is 0 Å². The maximum absolute atomic E-state index is 5.94. The summed E-state index contributed by atoms with van der Waals surface area (Å²) in [4.78, 5) is 0. The van der Waals surface area contributed by atoms with E-state index in [9.17, 15) is 0 Å². The third-order valence-corrected chi connectivity index (χ3v) is 1.96. The van der Waals surface area contributed by atoms with Gasteiger partial charge in [-0.05, 0) is 18.6 Å². The molecule has 0 fully saturated rings. The third kappa shape index (κ3) is 2.07. The second kappa shape index (κ2) is 3.67. The minimum absolute atomic E-state index is 0.271. The Bertz CT molecular complexity index is 169. The van der Waals surface area contributed by atoms with Crippen molar-refractivity contribution in [3.8, 4) is 0 Å². The van der Waals surface area contributed by atoms with E-state index in [1.54, 1.807) is 0 Å². The van der Waals surface area contributed by atoms with Gasteiger partial charge >= 0.3 is 0 Å². The zero-order valence-electron chi connectivity index (χ0n) is 6.13. The molecule has 1 rings (SSSR count). The topological polar surface area (TPSA) is 4.93 Å². The zero-order chi connectivity index (χ0) is 7.40. The minimum Gasteiger partial charge on any atom is -0.353 e. The van der Waals surface area contributed by atoms with E-state index < -0.39 is 0 Å². The Hall–Kier alpha value is -0.430. The Morgan fingerprint density at radius 2 is 2.00 bits per heavy atom. The number of rotatable bonds is 3. The van der Waals surface area contributed by atoms with Crippen LogP contribution in [0.25, 0.3) is 0 Å². The molecule has 1 heterocycles. The van der Waals surface area contributed by atoms with Gasteiger partial charge < -0.3 is 4.57 Å². The predicted octanol–water partition coefficient (Wildman–Crippen LogP) is 2.51. The highest BCUT2D eigenvalue weighted by molar-refractivity contribution is 6.20. The molecule has 1 aromatic heterocycles. The number of aromatic nitrogens is 1. The molecule has 0 saturated heterocycles. The van der Waals surface area contributed by atoms with Gasteiger partial charge in [0.05, 0.1) is 5.38 Å². The van der Waals surface area contributed by atoms with E-state index in [0.29, 0.717) is 0 Å². The van der Waals surface area contributed by atoms with Crippen molar-refractivity contribution in [2.24, 2.45) is 0 Å². The number of nitrogens with zero attached hydrogens (tertiary/aromatic N) is 1. The quantitative estimate of drug-likeness (QED) is 0.595. The maximum atomic E-state index is 5.94. The second-order valence-electron chi connectivity index (χ2n) is 2.39. The van der Waals surface area contributed by atoms with Crippen molar-refractivity contribution in [3.63, 3.8) is 0 Å². The molecule has 2 heteroatoms. The van der Waals surface area contributed by atoms with Crippen molar-refractivity contribution >= 4 is 11.6 Å². The smallest absolute Gasteiger partial charge is 0.0512 e. The van der Waals surface area contributed by atoms with E-state index >= 15 is 0 Å². The van der Waals surface area contributed by atoms with Gasteiger partial charge in [-0.1, -0.05) is 6.92 Å². The predicted molar refractivity (Wildman–Crippen MR) is 44.4 cm³/mol. The number of hydrogen-bond donors (Lipinski definition) is 0. The van der Waals surface area contributed by atoms with Crippen LogP contribution in [0.15, 0.2) is 24.5 Å². The van der Waals surface area contributed by atoms with Crippen LogP contribution in [-0.4, -0.2) is 9.94 Å². The summed E-state index contributed by atoms with van der Waals surface area (Å²) >= 11 is 5.94. The molecule has 0 aromatic carbocycles. The minimum atomic E-state index is 0.271. The summed E-state index contributed by atoms with van der Waals surface area (Å²) in [5.74, 6) is 0. The summed E-state index contributed by atoms with van der Waals surface area (Å²) in [7, 11) is 0. The molecule has 1 unspecified atom stereocenters. The summed E-state index contributed by atoms with van der Waals surface area (Å²) in [5.41, 5.74) is 0. The van der Waals surface area contributed by atoms with E-state index in [1.165, 1.54) is 0 Å². The van der Waals surface area contributed by atoms with Crippen LogP contribution in [0.1, 0.15) is 13.3 Å². The molecule has 0 saturated carbocycles. The summed E-state index contributed by atoms with van der Waals surface area (Å²) in [5, 5.41) is 0.271. The Labute approximate surface area is 66.6 Å². The molecule has 10 heavy (non-hydrogen) atoms. The van der Waals surface area contributed by atoms with Crippen molar-refractivity contribution in [2.75, 3.05) is 0 Å². The zero-order valence-corrected chi connectivity index (χ0v) is 6.88. The maximum Gasteiger partial charge on any atom is 0.0512 e. The molecular formula is C8H12ClN. The van der Waals surface area contributed by atoms with E-state index in [-0.39, 0.29) is 5.38 Å². The fraction of sp³-hybridized carbons (Fsp3) is 0.500. The fourth-order valence-corrected chi connectivity index (χ4v) is 1.01. The molecule has 1 nitrogen and oxygen atoms in total. The first-order chi connectivity index (χ1) is 4.83. The number of alkyl halides is 1. The summed E-state index contributed by atoms with van der Waals surface area (Å²) in [6, 6.07) is 4.03. The van der Waals surface area contributed by atoms with Crippen LogP contribution in [0, 0.1) is 0 Å². The molecule has 0 aliphatic rings. The van der Waals surface area contributed by atoms with Gasteiger partial charge in [0, 0.05) is 18.9 Å². The van der Waals surface area contributed by atoms with Crippen molar-refractivity contribution in [3.05, 3.63) is 24.5 Å². The lowest BCUT2D eigenvalue weighted by Crippen LogP contribution is -2.06. The normalized spacial score (nSPS) is 13.4. The molecular weight excluding hydrogens is 146 g/mol. The Kier molecular flexibility index (Phi) is 2.82. The second-order valence-corrected chi connectivity index (χ2v) is 3.00. The highest BCUT2D eigenvalue weighted by Crippen LogP contribution is 2.04. The van der Waals surface area contributed by atoms with Crippen LogP contribution >= 0.6 is 11.6 Å². The number of halogens is 1. The van der Waals surface area contributed by atoms with E-state index in [1.807, 2.05) is 24.5 Å². The van der Waals surface area contributed by atoms with Crippen molar-refractivity contribution in [2.45, 2.75) is 25.3 Å². The third-order valence-electron chi connectivity index (χ3n) is 1.52. The summed E-state index contributed by atoms with van der Waals surface area (Å²) in [6.07, 6.45) is 5.09. The Morgan fingerprint density at radius 3 is 2.50 bits per heavy atom. The Balaban J connectivity index is 2.40. The average molecular weight is 158 g/mol. The number of hydrogen-bond acceptors (Lipinski definition) is 0. The van der Waals surface area contributed by atoms with Gasteiger partial charge in [0.2, 0.25) is 0 Å². The molecule has 0 radical (unpaired) electrons. The Morgan fingerprint density at radius 1 is 1.40 bits per heavy atom. The van der Waals surface area contributed by atoms with Gasteiger partial charge in [0.25, 0.3) is 0 Å². The summed E-state index contributed by atoms with van der Waals surface area (Å²) in [6.45, 7) is 3.02. The first-order valence-electron chi connectivity index (χ1n) is 3.57. The molecule has 0 N–H and O–H groups in total. The monoisotopic (exact) mass is 157 g/mol. The van der Waals surface area contributed by atoms with Crippen LogP contribution in [0.3, 0.4) is 0 Å². The van der Waals surface area contributed by atoms with Crippen LogP contribution in [0.4, 0.5) is 0 Å². The van der Waals surface area contributed by atoms with Gasteiger partial charge in [0.15, 0.2) is 0 Å². The standard InChI is InChI=1S/C8H12ClN/c1-2-8(9)7-10-5-3-4-6-10/h3-6,8H,2,7H2,1H3. The highest BCUT2D eigenvalue weighted by Gasteiger charge is 1.99. The lowest BCUT2D eigenvalue weighted by molar-refractivity contribution is 0.643. The molecule has 0 aliphatic heterocycles. The van der Waals surface area contributed by atoms with Gasteiger partial charge in [-0.15, -0.1) is 11.6 Å². The van der Waals surface area contributed by atoms with Crippen molar-refractivity contribution in [1.29, 1.82) is 0 Å². The first-order valence-corrected chi connectivity index (χ1v) is 4.01. The highest BCUT2D eigenvalue weighted by atomic mass is 35.5. The molecule has 1 aromatic rings. The lowest BCUT2D eigenvalue weighted by Gasteiger charge is -2.06. The molecule has 1 atom stereocenters.